The molecule has 264 valence electrons. The average molecular weight is 1140 g/mol. The van der Waals surface area contributed by atoms with Gasteiger partial charge in [-0.05, 0) is 110 Å². The van der Waals surface area contributed by atoms with Crippen molar-refractivity contribution in [3.05, 3.63) is 120 Å². The van der Waals surface area contributed by atoms with Crippen molar-refractivity contribution in [2.75, 3.05) is 0 Å². The maximum Gasteiger partial charge on any atom is 0.309 e. The Bertz CT molecular complexity index is 1640. The molecule has 0 aliphatic heterocycles. The molecule has 0 bridgehead atoms. The molecule has 0 atom stereocenters. The van der Waals surface area contributed by atoms with Gasteiger partial charge in [0.2, 0.25) is 0 Å². The molecule has 52 heavy (non-hydrogen) atoms. The third kappa shape index (κ3) is 23.9. The van der Waals surface area contributed by atoms with Crippen molar-refractivity contribution in [3.8, 4) is 39.4 Å². The Hall–Kier alpha value is -4.36. The van der Waals surface area contributed by atoms with Gasteiger partial charge in [-0.2, -0.15) is 0 Å². The van der Waals surface area contributed by atoms with Gasteiger partial charge in [-0.1, -0.05) is 0 Å². The smallest absolute Gasteiger partial charge is 0.309 e. The minimum absolute atomic E-state index is 0.296. The second-order valence-electron chi connectivity index (χ2n) is 9.03. The normalized spacial score (nSPS) is 8.38. The van der Waals surface area contributed by atoms with E-state index in [1.54, 1.807) is 98.1 Å². The highest BCUT2D eigenvalue weighted by Crippen LogP contribution is 1.98. The fraction of sp³-hybridized carbons (Fsp3) is 0.111. The highest BCUT2D eigenvalue weighted by molar-refractivity contribution is 14.1. The third-order valence-corrected chi connectivity index (χ3v) is 6.61. The molecule has 0 aromatic carbocycles. The summed E-state index contributed by atoms with van der Waals surface area (Å²) >= 11 is 7.78. The maximum absolute atomic E-state index is 11.6. The second kappa shape index (κ2) is 31.4. The lowest BCUT2D eigenvalue weighted by Crippen LogP contribution is -2.39. The van der Waals surface area contributed by atoms with Gasteiger partial charge in [0.05, 0.1) is 0 Å². The van der Waals surface area contributed by atoms with Gasteiger partial charge in [0.1, 0.15) is 0 Å². The summed E-state index contributed by atoms with van der Waals surface area (Å²) in [5.41, 5.74) is 3.54. The summed E-state index contributed by atoms with van der Waals surface area (Å²) < 4.78 is 10.4. The number of hydrogen-bond acceptors (Lipinski definition) is 8. The predicted molar refractivity (Wildman–Crippen MR) is 232 cm³/mol. The number of aromatic nitrogens is 4. The molecule has 12 nitrogen and oxygen atoms in total. The average Bonchev–Trinajstić information content (AvgIpc) is 3.20. The first-order valence-electron chi connectivity index (χ1n) is 14.4. The van der Waals surface area contributed by atoms with Crippen molar-refractivity contribution in [2.45, 2.75) is 26.2 Å². The molecule has 4 heterocycles. The molecule has 0 fully saturated rings. The lowest BCUT2D eigenvalue weighted by atomic mass is 10.2. The van der Waals surface area contributed by atoms with E-state index in [0.29, 0.717) is 26.2 Å². The maximum atomic E-state index is 11.6. The van der Waals surface area contributed by atoms with Crippen molar-refractivity contribution in [1.82, 2.24) is 41.2 Å². The lowest BCUT2D eigenvalue weighted by molar-refractivity contribution is -0.139. The first-order valence-corrected chi connectivity index (χ1v) is 18.8. The topological polar surface area (TPSA) is 168 Å². The summed E-state index contributed by atoms with van der Waals surface area (Å²) in [4.78, 5) is 61.8. The fourth-order valence-electron chi connectivity index (χ4n) is 3.15. The number of pyridine rings is 4. The fourth-order valence-corrected chi connectivity index (χ4v) is 3.69. The van der Waals surface area contributed by atoms with Crippen molar-refractivity contribution in [2.24, 2.45) is 0 Å². The van der Waals surface area contributed by atoms with Gasteiger partial charge in [-0.25, -0.2) is 0 Å². The number of nitrogens with zero attached hydrogens (tertiary/aromatic N) is 4. The summed E-state index contributed by atoms with van der Waals surface area (Å²) in [5.74, 6) is 7.64. The molecule has 0 aliphatic carbocycles. The Morgan fingerprint density at radius 2 is 0.558 bits per heavy atom. The zero-order chi connectivity index (χ0) is 38.1. The zero-order valence-corrected chi connectivity index (χ0v) is 35.6. The summed E-state index contributed by atoms with van der Waals surface area (Å²) in [6, 6.07) is 14.2. The van der Waals surface area contributed by atoms with Gasteiger partial charge >= 0.3 is 23.6 Å². The van der Waals surface area contributed by atoms with Crippen LogP contribution in [0.15, 0.2) is 98.1 Å². The minimum Gasteiger partial charge on any atom is -0.344 e. The highest BCUT2D eigenvalue weighted by atomic mass is 127. The first-order chi connectivity index (χ1) is 25.3. The number of rotatable bonds is 8. The third-order valence-electron chi connectivity index (χ3n) is 5.54. The van der Waals surface area contributed by atoms with E-state index in [4.69, 9.17) is 0 Å². The Kier molecular flexibility index (Phi) is 27.6. The van der Waals surface area contributed by atoms with Crippen molar-refractivity contribution in [3.63, 3.8) is 0 Å². The van der Waals surface area contributed by atoms with E-state index in [2.05, 4.69) is 80.6 Å². The minimum atomic E-state index is -0.657. The molecular weight excluding hydrogens is 1120 g/mol. The SMILES string of the molecule is IC#CC#CI.IC#CC#CI.O=C(NCc1ccncc1)C(=O)NCc1ccncc1.O=C(NCc1ccncc1)C(=O)NCc1ccncc1. The molecule has 0 radical (unpaired) electrons. The second-order valence-corrected chi connectivity index (χ2v) is 11.2. The van der Waals surface area contributed by atoms with Crippen LogP contribution in [0.1, 0.15) is 22.3 Å². The van der Waals surface area contributed by atoms with Crippen LogP contribution in [0.2, 0.25) is 0 Å². The molecule has 0 saturated carbocycles. The van der Waals surface area contributed by atoms with Gasteiger partial charge in [0.15, 0.2) is 0 Å². The van der Waals surface area contributed by atoms with E-state index in [1.807, 2.05) is 90.4 Å². The lowest BCUT2D eigenvalue weighted by Gasteiger charge is -2.06. The van der Waals surface area contributed by atoms with Gasteiger partial charge in [0.25, 0.3) is 0 Å². The van der Waals surface area contributed by atoms with Crippen LogP contribution in [0.3, 0.4) is 0 Å². The Labute approximate surface area is 356 Å². The first kappa shape index (κ1) is 45.7. The van der Waals surface area contributed by atoms with Crippen LogP contribution in [0.4, 0.5) is 0 Å². The molecule has 0 unspecified atom stereocenters. The quantitative estimate of drug-likeness (QED) is 0.115. The van der Waals surface area contributed by atoms with E-state index in [0.717, 1.165) is 22.3 Å². The monoisotopic (exact) mass is 1140 g/mol. The molecule has 4 N–H and O–H groups in total. The largest absolute Gasteiger partial charge is 0.344 e. The van der Waals surface area contributed by atoms with Crippen LogP contribution in [0, 0.1) is 39.4 Å². The summed E-state index contributed by atoms with van der Waals surface area (Å²) in [6.07, 6.45) is 13.0. The number of carbonyl (C=O) groups excluding carboxylic acids is 4. The zero-order valence-electron chi connectivity index (χ0n) is 27.0. The Morgan fingerprint density at radius 3 is 0.712 bits per heavy atom. The molecule has 4 amide bonds. The van der Waals surface area contributed by atoms with E-state index in [9.17, 15) is 19.2 Å². The summed E-state index contributed by atoms with van der Waals surface area (Å²) in [6.45, 7) is 1.18. The molecule has 4 aromatic heterocycles. The van der Waals surface area contributed by atoms with Gasteiger partial charge in [-0.15, -0.1) is 0 Å². The molecule has 16 heteroatoms. The number of hydrogen-bond donors (Lipinski definition) is 4. The van der Waals surface area contributed by atoms with Crippen molar-refractivity contribution < 1.29 is 19.2 Å². The van der Waals surface area contributed by atoms with Gasteiger partial charge in [-0.3, -0.25) is 39.1 Å². The number of amides is 4. The summed E-state index contributed by atoms with van der Waals surface area (Å²) in [7, 11) is 0. The molecule has 0 saturated heterocycles. The van der Waals surface area contributed by atoms with Crippen LogP contribution in [0.5, 0.6) is 0 Å². The van der Waals surface area contributed by atoms with Crippen LogP contribution in [-0.4, -0.2) is 43.6 Å². The Morgan fingerprint density at radius 1 is 0.385 bits per heavy atom. The molecule has 0 spiro atoms. The van der Waals surface area contributed by atoms with Crippen LogP contribution < -0.4 is 21.3 Å². The van der Waals surface area contributed by atoms with Crippen molar-refractivity contribution >= 4 is 114 Å². The highest BCUT2D eigenvalue weighted by Gasteiger charge is 2.13. The standard InChI is InChI=1S/2C14H14N4O2.2C4I2/c2*19-13(17-9-11-1-5-15-6-2-11)14(20)18-10-12-3-7-16-8-4-12;2*5-3-1-2-4-6/h2*1-8H,9-10H2,(H,17,19)(H,18,20);;. The molecular formula is C36H28I4N8O4. The molecule has 0 aliphatic rings. The van der Waals surface area contributed by atoms with Crippen molar-refractivity contribution in [1.29, 1.82) is 0 Å². The van der Waals surface area contributed by atoms with E-state index in [1.165, 1.54) is 0 Å². The van der Waals surface area contributed by atoms with E-state index in [-0.39, 0.29) is 0 Å². The number of halogens is 4. The molecule has 4 rings (SSSR count). The Balaban J connectivity index is 0.000000398. The predicted octanol–water partition coefficient (Wildman–Crippen LogP) is 4.37. The molecule has 4 aromatic rings. The van der Waals surface area contributed by atoms with E-state index < -0.39 is 23.6 Å². The summed E-state index contributed by atoms with van der Waals surface area (Å²) in [5, 5.41) is 10.2. The van der Waals surface area contributed by atoms with Crippen LogP contribution in [-0.2, 0) is 45.4 Å². The van der Waals surface area contributed by atoms with Crippen LogP contribution in [0.25, 0.3) is 0 Å². The van der Waals surface area contributed by atoms with Gasteiger partial charge < -0.3 is 21.3 Å². The van der Waals surface area contributed by atoms with E-state index >= 15 is 0 Å². The van der Waals surface area contributed by atoms with Gasteiger partial charge in [0, 0.05) is 166 Å². The van der Waals surface area contributed by atoms with Crippen LogP contribution >= 0.6 is 90.4 Å². The number of carbonyl (C=O) groups is 4. The number of nitrogens with one attached hydrogen (secondary N) is 4.